The van der Waals surface area contributed by atoms with Crippen molar-refractivity contribution < 1.29 is 9.53 Å². The minimum absolute atomic E-state index is 0.245. The zero-order valence-electron chi connectivity index (χ0n) is 10.9. The number of carbonyl (C=O) groups excluding carboxylic acids is 1. The first-order valence-electron chi connectivity index (χ1n) is 6.53. The van der Waals surface area contributed by atoms with E-state index in [-0.39, 0.29) is 11.7 Å². The van der Waals surface area contributed by atoms with Crippen LogP contribution in [0.1, 0.15) is 33.8 Å². The molecule has 3 rings (SSSR count). The molecule has 0 unspecified atom stereocenters. The summed E-state index contributed by atoms with van der Waals surface area (Å²) in [4.78, 5) is 12.2. The van der Waals surface area contributed by atoms with E-state index in [0.29, 0.717) is 6.42 Å². The highest BCUT2D eigenvalue weighted by atomic mass is 16.5. The molecule has 0 heterocycles. The van der Waals surface area contributed by atoms with E-state index in [2.05, 4.69) is 12.1 Å². The summed E-state index contributed by atoms with van der Waals surface area (Å²) in [7, 11) is 1.67. The van der Waals surface area contributed by atoms with E-state index < -0.39 is 0 Å². The smallest absolute Gasteiger partial charge is 0.163 e. The molecule has 2 heteroatoms. The first-order valence-corrected chi connectivity index (χ1v) is 6.53. The van der Waals surface area contributed by atoms with Crippen LogP contribution < -0.4 is 4.74 Å². The third-order valence-electron chi connectivity index (χ3n) is 3.78. The van der Waals surface area contributed by atoms with Gasteiger partial charge in [-0.2, -0.15) is 0 Å². The molecule has 19 heavy (non-hydrogen) atoms. The standard InChI is InChI=1S/C17H16O2/c1-19-15-7-4-6-12(10-15)14-9-13-5-2-3-8-16(13)17(18)11-14/h2-8,10,14H,9,11H2,1H3/t14-/m1/s1. The van der Waals surface area contributed by atoms with E-state index in [1.165, 1.54) is 5.56 Å². The molecule has 0 bridgehead atoms. The number of rotatable bonds is 2. The molecule has 1 atom stereocenters. The number of benzene rings is 2. The van der Waals surface area contributed by atoms with Gasteiger partial charge in [0.15, 0.2) is 5.78 Å². The van der Waals surface area contributed by atoms with Gasteiger partial charge in [-0.3, -0.25) is 4.79 Å². The van der Waals surface area contributed by atoms with Crippen molar-refractivity contribution in [2.75, 3.05) is 7.11 Å². The maximum atomic E-state index is 12.2. The van der Waals surface area contributed by atoms with E-state index in [1.807, 2.05) is 36.4 Å². The van der Waals surface area contributed by atoms with E-state index in [9.17, 15) is 4.79 Å². The van der Waals surface area contributed by atoms with Gasteiger partial charge in [0, 0.05) is 12.0 Å². The second-order valence-electron chi connectivity index (χ2n) is 4.96. The Hall–Kier alpha value is -2.09. The molecule has 0 aliphatic heterocycles. The van der Waals surface area contributed by atoms with Crippen LogP contribution in [0, 0.1) is 0 Å². The molecule has 0 aromatic heterocycles. The maximum absolute atomic E-state index is 12.2. The Morgan fingerprint density at radius 2 is 1.89 bits per heavy atom. The largest absolute Gasteiger partial charge is 0.497 e. The summed E-state index contributed by atoms with van der Waals surface area (Å²) in [5.74, 6) is 1.36. The van der Waals surface area contributed by atoms with E-state index in [4.69, 9.17) is 4.74 Å². The second-order valence-corrected chi connectivity index (χ2v) is 4.96. The molecule has 0 spiro atoms. The van der Waals surface area contributed by atoms with Crippen molar-refractivity contribution in [3.63, 3.8) is 0 Å². The fourth-order valence-corrected chi connectivity index (χ4v) is 2.77. The van der Waals surface area contributed by atoms with Gasteiger partial charge in [-0.1, -0.05) is 36.4 Å². The highest BCUT2D eigenvalue weighted by molar-refractivity contribution is 5.99. The van der Waals surface area contributed by atoms with E-state index in [0.717, 1.165) is 23.3 Å². The predicted octanol–water partition coefficient (Wildman–Crippen LogP) is 3.61. The van der Waals surface area contributed by atoms with Crippen molar-refractivity contribution in [2.45, 2.75) is 18.8 Å². The van der Waals surface area contributed by atoms with Gasteiger partial charge >= 0.3 is 0 Å². The van der Waals surface area contributed by atoms with Gasteiger partial charge in [-0.15, -0.1) is 0 Å². The van der Waals surface area contributed by atoms with Crippen LogP contribution in [0.15, 0.2) is 48.5 Å². The molecule has 2 aromatic rings. The molecule has 2 nitrogen and oxygen atoms in total. The lowest BCUT2D eigenvalue weighted by atomic mass is 9.79. The SMILES string of the molecule is COc1cccc([C@H]2CC(=O)c3ccccc3C2)c1. The lowest BCUT2D eigenvalue weighted by molar-refractivity contribution is 0.0964. The van der Waals surface area contributed by atoms with Crippen molar-refractivity contribution in [3.8, 4) is 5.75 Å². The van der Waals surface area contributed by atoms with Crippen molar-refractivity contribution in [3.05, 3.63) is 65.2 Å². The molecule has 0 saturated heterocycles. The normalized spacial score (nSPS) is 17.9. The lowest BCUT2D eigenvalue weighted by Crippen LogP contribution is -2.18. The van der Waals surface area contributed by atoms with Crippen LogP contribution in [0.25, 0.3) is 0 Å². The first kappa shape index (κ1) is 12.0. The Morgan fingerprint density at radius 3 is 2.74 bits per heavy atom. The summed E-state index contributed by atoms with van der Waals surface area (Å²) >= 11 is 0. The number of hydrogen-bond donors (Lipinski definition) is 0. The van der Waals surface area contributed by atoms with Gasteiger partial charge in [0.25, 0.3) is 0 Å². The van der Waals surface area contributed by atoms with Crippen LogP contribution in [0.5, 0.6) is 5.75 Å². The van der Waals surface area contributed by atoms with Gasteiger partial charge in [0.2, 0.25) is 0 Å². The summed E-state index contributed by atoms with van der Waals surface area (Å²) in [6, 6.07) is 15.9. The molecule has 1 aliphatic rings. The Bertz CT molecular complexity index is 616. The van der Waals surface area contributed by atoms with Crippen molar-refractivity contribution >= 4 is 5.78 Å². The van der Waals surface area contributed by atoms with Gasteiger partial charge in [-0.05, 0) is 35.6 Å². The highest BCUT2D eigenvalue weighted by Crippen LogP contribution is 2.33. The molecular formula is C17H16O2. The van der Waals surface area contributed by atoms with Crippen LogP contribution >= 0.6 is 0 Å². The van der Waals surface area contributed by atoms with Crippen LogP contribution in [0.2, 0.25) is 0 Å². The minimum Gasteiger partial charge on any atom is -0.497 e. The van der Waals surface area contributed by atoms with Gasteiger partial charge < -0.3 is 4.74 Å². The highest BCUT2D eigenvalue weighted by Gasteiger charge is 2.25. The zero-order chi connectivity index (χ0) is 13.2. The maximum Gasteiger partial charge on any atom is 0.163 e. The third kappa shape index (κ3) is 2.26. The number of ether oxygens (including phenoxy) is 1. The molecule has 0 saturated carbocycles. The number of hydrogen-bond acceptors (Lipinski definition) is 2. The van der Waals surface area contributed by atoms with E-state index in [1.54, 1.807) is 7.11 Å². The number of carbonyl (C=O) groups is 1. The van der Waals surface area contributed by atoms with Crippen LogP contribution in [0.4, 0.5) is 0 Å². The topological polar surface area (TPSA) is 26.3 Å². The van der Waals surface area contributed by atoms with Gasteiger partial charge in [0.05, 0.1) is 7.11 Å². The van der Waals surface area contributed by atoms with Crippen LogP contribution in [-0.2, 0) is 6.42 Å². The molecule has 0 amide bonds. The molecule has 1 aliphatic carbocycles. The van der Waals surface area contributed by atoms with Gasteiger partial charge in [0.1, 0.15) is 5.75 Å². The molecule has 0 fully saturated rings. The summed E-state index contributed by atoms with van der Waals surface area (Å²) in [6.07, 6.45) is 1.51. The number of methoxy groups -OCH3 is 1. The molecular weight excluding hydrogens is 236 g/mol. The number of ketones is 1. The Labute approximate surface area is 113 Å². The van der Waals surface area contributed by atoms with Gasteiger partial charge in [-0.25, -0.2) is 0 Å². The van der Waals surface area contributed by atoms with Crippen molar-refractivity contribution in [1.29, 1.82) is 0 Å². The average Bonchev–Trinajstić information content (AvgIpc) is 2.47. The Morgan fingerprint density at radius 1 is 1.05 bits per heavy atom. The summed E-state index contributed by atoms with van der Waals surface area (Å²) in [5.41, 5.74) is 3.23. The first-order chi connectivity index (χ1) is 9.28. The molecule has 0 radical (unpaired) electrons. The van der Waals surface area contributed by atoms with Crippen LogP contribution in [-0.4, -0.2) is 12.9 Å². The fourth-order valence-electron chi connectivity index (χ4n) is 2.77. The number of fused-ring (bicyclic) bond motifs is 1. The Balaban J connectivity index is 1.94. The van der Waals surface area contributed by atoms with Crippen molar-refractivity contribution in [2.24, 2.45) is 0 Å². The quantitative estimate of drug-likeness (QED) is 0.816. The predicted molar refractivity (Wildman–Crippen MR) is 74.8 cm³/mol. The fraction of sp³-hybridized carbons (Fsp3) is 0.235. The third-order valence-corrected chi connectivity index (χ3v) is 3.78. The minimum atomic E-state index is 0.245. The van der Waals surface area contributed by atoms with Crippen LogP contribution in [0.3, 0.4) is 0 Å². The summed E-state index contributed by atoms with van der Waals surface area (Å²) in [5, 5.41) is 0. The molecule has 96 valence electrons. The molecule has 2 aromatic carbocycles. The lowest BCUT2D eigenvalue weighted by Gasteiger charge is -2.24. The summed E-state index contributed by atoms with van der Waals surface area (Å²) < 4.78 is 5.26. The average molecular weight is 252 g/mol. The summed E-state index contributed by atoms with van der Waals surface area (Å²) in [6.45, 7) is 0. The second kappa shape index (κ2) is 4.88. The van der Waals surface area contributed by atoms with E-state index >= 15 is 0 Å². The zero-order valence-corrected chi connectivity index (χ0v) is 10.9. The Kier molecular flexibility index (Phi) is 3.08. The molecule has 0 N–H and O–H groups in total. The number of Topliss-reactive ketones (excluding diaryl/α,β-unsaturated/α-hetero) is 1. The van der Waals surface area contributed by atoms with Crippen molar-refractivity contribution in [1.82, 2.24) is 0 Å². The monoisotopic (exact) mass is 252 g/mol.